The number of nitrogens with zero attached hydrogens (tertiary/aromatic N) is 2. The van der Waals surface area contributed by atoms with Crippen molar-refractivity contribution in [2.24, 2.45) is 0 Å². The van der Waals surface area contributed by atoms with Crippen LogP contribution in [0, 0.1) is 13.8 Å². The molecule has 3 N–H and O–H groups in total. The summed E-state index contributed by atoms with van der Waals surface area (Å²) in [6, 6.07) is 2.21. The van der Waals surface area contributed by atoms with Crippen molar-refractivity contribution in [3.8, 4) is 0 Å². The Morgan fingerprint density at radius 1 is 1.32 bits per heavy atom. The molecule has 0 saturated carbocycles. The third-order valence-corrected chi connectivity index (χ3v) is 4.29. The smallest absolute Gasteiger partial charge is 0.135 e. The average Bonchev–Trinajstić information content (AvgIpc) is 2.65. The zero-order valence-corrected chi connectivity index (χ0v) is 12.6. The number of nitrogens with one attached hydrogen (secondary N) is 1. The minimum Gasteiger partial charge on any atom is -0.383 e. The second-order valence-corrected chi connectivity index (χ2v) is 6.32. The number of aryl methyl sites for hydroxylation is 2. The Bertz CT molecular complexity index is 555. The maximum Gasteiger partial charge on any atom is 0.135 e. The van der Waals surface area contributed by atoms with Crippen LogP contribution in [-0.4, -0.2) is 9.97 Å². The standard InChI is InChI=1S/C14H20N4S/c1-8(2)12-13(15)17-7-18-14(12)16-6-11-5-9(3)10(4)19-11/h5,7-8H,6H2,1-4H3,(H3,15,16,17,18). The van der Waals surface area contributed by atoms with Crippen molar-refractivity contribution >= 4 is 23.0 Å². The SMILES string of the molecule is Cc1cc(CNc2ncnc(N)c2C(C)C)sc1C. The molecular weight excluding hydrogens is 256 g/mol. The van der Waals surface area contributed by atoms with E-state index in [0.29, 0.717) is 11.7 Å². The van der Waals surface area contributed by atoms with Crippen LogP contribution in [0.3, 0.4) is 0 Å². The van der Waals surface area contributed by atoms with E-state index in [1.807, 2.05) is 11.3 Å². The van der Waals surface area contributed by atoms with Crippen molar-refractivity contribution in [3.63, 3.8) is 0 Å². The summed E-state index contributed by atoms with van der Waals surface area (Å²) in [5.74, 6) is 1.70. The molecule has 0 amide bonds. The number of thiophene rings is 1. The molecule has 0 fully saturated rings. The number of nitrogen functional groups attached to an aromatic ring is 1. The first kappa shape index (κ1) is 13.8. The Labute approximate surface area is 118 Å². The van der Waals surface area contributed by atoms with Gasteiger partial charge in [0, 0.05) is 15.3 Å². The van der Waals surface area contributed by atoms with Crippen LogP contribution in [0.15, 0.2) is 12.4 Å². The Kier molecular flexibility index (Phi) is 4.04. The Morgan fingerprint density at radius 3 is 2.63 bits per heavy atom. The van der Waals surface area contributed by atoms with Gasteiger partial charge < -0.3 is 11.1 Å². The van der Waals surface area contributed by atoms with E-state index >= 15 is 0 Å². The first-order valence-corrected chi connectivity index (χ1v) is 7.20. The van der Waals surface area contributed by atoms with Gasteiger partial charge in [-0.25, -0.2) is 9.97 Å². The van der Waals surface area contributed by atoms with Crippen molar-refractivity contribution in [2.75, 3.05) is 11.1 Å². The lowest BCUT2D eigenvalue weighted by molar-refractivity contribution is 0.850. The lowest BCUT2D eigenvalue weighted by Crippen LogP contribution is -2.08. The molecule has 0 spiro atoms. The molecule has 0 atom stereocenters. The predicted molar refractivity (Wildman–Crippen MR) is 81.7 cm³/mol. The molecule has 0 saturated heterocycles. The summed E-state index contributed by atoms with van der Waals surface area (Å²) in [4.78, 5) is 11.0. The summed E-state index contributed by atoms with van der Waals surface area (Å²) in [6.07, 6.45) is 1.51. The summed E-state index contributed by atoms with van der Waals surface area (Å²) in [5, 5.41) is 3.37. The molecule has 4 nitrogen and oxygen atoms in total. The number of hydrogen-bond donors (Lipinski definition) is 2. The molecule has 0 unspecified atom stereocenters. The van der Waals surface area contributed by atoms with Gasteiger partial charge in [0.1, 0.15) is 18.0 Å². The molecule has 0 bridgehead atoms. The van der Waals surface area contributed by atoms with E-state index in [9.17, 15) is 0 Å². The van der Waals surface area contributed by atoms with Gasteiger partial charge in [-0.3, -0.25) is 0 Å². The fourth-order valence-corrected chi connectivity index (χ4v) is 3.02. The molecule has 0 aliphatic rings. The first-order chi connectivity index (χ1) is 8.99. The molecule has 5 heteroatoms. The van der Waals surface area contributed by atoms with Gasteiger partial charge in [0.2, 0.25) is 0 Å². The minimum atomic E-state index is 0.301. The van der Waals surface area contributed by atoms with Gasteiger partial charge in [0.05, 0.1) is 6.54 Å². The van der Waals surface area contributed by atoms with Crippen LogP contribution < -0.4 is 11.1 Å². The second-order valence-electron chi connectivity index (χ2n) is 4.98. The average molecular weight is 276 g/mol. The van der Waals surface area contributed by atoms with Gasteiger partial charge in [-0.15, -0.1) is 11.3 Å². The molecular formula is C14H20N4S. The van der Waals surface area contributed by atoms with Gasteiger partial charge in [0.15, 0.2) is 0 Å². The second kappa shape index (κ2) is 5.57. The van der Waals surface area contributed by atoms with Crippen LogP contribution in [0.2, 0.25) is 0 Å². The highest BCUT2D eigenvalue weighted by Crippen LogP contribution is 2.27. The zero-order valence-electron chi connectivity index (χ0n) is 11.8. The van der Waals surface area contributed by atoms with Gasteiger partial charge >= 0.3 is 0 Å². The molecule has 0 aliphatic heterocycles. The summed E-state index contributed by atoms with van der Waals surface area (Å²) in [6.45, 7) is 9.25. The predicted octanol–water partition coefficient (Wildman–Crippen LogP) is 3.47. The highest BCUT2D eigenvalue weighted by Gasteiger charge is 2.13. The maximum absolute atomic E-state index is 5.93. The van der Waals surface area contributed by atoms with E-state index in [1.165, 1.54) is 21.6 Å². The fourth-order valence-electron chi connectivity index (χ4n) is 2.03. The van der Waals surface area contributed by atoms with E-state index in [0.717, 1.165) is 17.9 Å². The van der Waals surface area contributed by atoms with E-state index < -0.39 is 0 Å². The largest absolute Gasteiger partial charge is 0.383 e. The quantitative estimate of drug-likeness (QED) is 0.897. The number of nitrogens with two attached hydrogens (primary N) is 1. The highest BCUT2D eigenvalue weighted by molar-refractivity contribution is 7.12. The van der Waals surface area contributed by atoms with Crippen LogP contribution in [0.25, 0.3) is 0 Å². The van der Waals surface area contributed by atoms with Crippen LogP contribution >= 0.6 is 11.3 Å². The zero-order chi connectivity index (χ0) is 14.0. The van der Waals surface area contributed by atoms with Crippen molar-refractivity contribution in [1.29, 1.82) is 0 Å². The Balaban J connectivity index is 2.17. The van der Waals surface area contributed by atoms with Crippen LogP contribution in [0.4, 0.5) is 11.6 Å². The lowest BCUT2D eigenvalue weighted by Gasteiger charge is -2.14. The van der Waals surface area contributed by atoms with E-state index in [4.69, 9.17) is 5.73 Å². The van der Waals surface area contributed by atoms with Gasteiger partial charge in [0.25, 0.3) is 0 Å². The topological polar surface area (TPSA) is 63.8 Å². The third-order valence-electron chi connectivity index (χ3n) is 3.14. The fraction of sp³-hybridized carbons (Fsp3) is 0.429. The molecule has 2 heterocycles. The number of anilines is 2. The summed E-state index contributed by atoms with van der Waals surface area (Å²) in [5.41, 5.74) is 8.26. The molecule has 19 heavy (non-hydrogen) atoms. The number of rotatable bonds is 4. The van der Waals surface area contributed by atoms with Gasteiger partial charge in [-0.1, -0.05) is 13.8 Å². The van der Waals surface area contributed by atoms with Crippen molar-refractivity contribution in [1.82, 2.24) is 9.97 Å². The van der Waals surface area contributed by atoms with Gasteiger partial charge in [-0.05, 0) is 31.4 Å². The number of aromatic nitrogens is 2. The normalized spacial score (nSPS) is 11.0. The first-order valence-electron chi connectivity index (χ1n) is 6.39. The lowest BCUT2D eigenvalue weighted by atomic mass is 10.0. The monoisotopic (exact) mass is 276 g/mol. The maximum atomic E-state index is 5.93. The summed E-state index contributed by atoms with van der Waals surface area (Å²) in [7, 11) is 0. The van der Waals surface area contributed by atoms with Crippen molar-refractivity contribution in [2.45, 2.75) is 40.2 Å². The minimum absolute atomic E-state index is 0.301. The van der Waals surface area contributed by atoms with Crippen molar-refractivity contribution < 1.29 is 0 Å². The number of hydrogen-bond acceptors (Lipinski definition) is 5. The van der Waals surface area contributed by atoms with E-state index in [1.54, 1.807) is 0 Å². The molecule has 0 aliphatic carbocycles. The molecule has 2 aromatic rings. The van der Waals surface area contributed by atoms with Gasteiger partial charge in [-0.2, -0.15) is 0 Å². The van der Waals surface area contributed by atoms with E-state index in [2.05, 4.69) is 49.0 Å². The van der Waals surface area contributed by atoms with Crippen molar-refractivity contribution in [3.05, 3.63) is 33.3 Å². The Hall–Kier alpha value is -1.62. The van der Waals surface area contributed by atoms with Crippen LogP contribution in [0.1, 0.15) is 40.6 Å². The molecule has 0 radical (unpaired) electrons. The highest BCUT2D eigenvalue weighted by atomic mass is 32.1. The summed E-state index contributed by atoms with van der Waals surface area (Å²) < 4.78 is 0. The molecule has 0 aromatic carbocycles. The summed E-state index contributed by atoms with van der Waals surface area (Å²) >= 11 is 1.81. The van der Waals surface area contributed by atoms with E-state index in [-0.39, 0.29) is 0 Å². The molecule has 2 aromatic heterocycles. The molecule has 102 valence electrons. The van der Waals surface area contributed by atoms with Crippen LogP contribution in [0.5, 0.6) is 0 Å². The third kappa shape index (κ3) is 3.04. The Morgan fingerprint density at radius 2 is 2.05 bits per heavy atom. The van der Waals surface area contributed by atoms with Crippen LogP contribution in [-0.2, 0) is 6.54 Å². The molecule has 2 rings (SSSR count).